The van der Waals surface area contributed by atoms with Crippen molar-refractivity contribution in [3.8, 4) is 0 Å². The van der Waals surface area contributed by atoms with Gasteiger partial charge in [-0.2, -0.15) is 13.2 Å². The highest BCUT2D eigenvalue weighted by Gasteiger charge is 2.42. The summed E-state index contributed by atoms with van der Waals surface area (Å²) in [6.07, 6.45) is 13.5. The third-order valence-electron chi connectivity index (χ3n) is 9.19. The van der Waals surface area contributed by atoms with Gasteiger partial charge in [0.05, 0.1) is 5.92 Å². The number of nitrogens with zero attached hydrogens (tertiary/aromatic N) is 2. The van der Waals surface area contributed by atoms with E-state index in [1.54, 1.807) is 0 Å². The molecule has 0 aliphatic carbocycles. The van der Waals surface area contributed by atoms with Crippen LogP contribution >= 0.6 is 0 Å². The minimum Gasteiger partial charge on any atom is -0.381 e. The highest BCUT2D eigenvalue weighted by molar-refractivity contribution is 5.80. The Bertz CT molecular complexity index is 953. The van der Waals surface area contributed by atoms with Crippen molar-refractivity contribution in [2.75, 3.05) is 26.7 Å². The zero-order valence-electron chi connectivity index (χ0n) is 26.7. The Morgan fingerprint density at radius 3 is 2.44 bits per heavy atom. The quantitative estimate of drug-likeness (QED) is 0.231. The Morgan fingerprint density at radius 2 is 1.83 bits per heavy atom. The Hall–Kier alpha value is -2.06. The summed E-state index contributed by atoms with van der Waals surface area (Å²) in [5.41, 5.74) is 2.48. The summed E-state index contributed by atoms with van der Waals surface area (Å²) >= 11 is 0. The normalized spacial score (nSPS) is 25.7. The number of halogens is 3. The van der Waals surface area contributed by atoms with Crippen LogP contribution in [0.1, 0.15) is 87.0 Å². The van der Waals surface area contributed by atoms with Crippen molar-refractivity contribution in [3.05, 3.63) is 47.7 Å². The van der Waals surface area contributed by atoms with Crippen LogP contribution in [0, 0.1) is 11.3 Å². The van der Waals surface area contributed by atoms with Gasteiger partial charge in [-0.05, 0) is 84.4 Å². The van der Waals surface area contributed by atoms with E-state index < -0.39 is 12.2 Å². The molecule has 0 spiro atoms. The molecule has 5 atom stereocenters. The standard InChI is InChI=1S/C33H55F3N4O/c1-9-26(32(6,7)11-3)16-12-15-24(4)37-31(41)29-18-14-21-39(8)30(29)19-13-17-27(10-2)38-28-20-22-40(23-28)25(5)33(34,35)36/h10,12-13,15-17,24-25,28-30,38H,9,11,14,18-23H2,1-8H3,(H,37,41)/b15-12-,17-13-,26-16+,27-10+. The summed E-state index contributed by atoms with van der Waals surface area (Å²) in [4.78, 5) is 17.1. The fourth-order valence-corrected chi connectivity index (χ4v) is 5.90. The SMILES string of the molecule is C/C=C(\C=C/CC1C(C(=O)NC(C)/C=C\C=C(/CC)C(C)(C)CC)CCCN1C)NC1CCN(C(C)C(F)(F)F)C1. The van der Waals surface area contributed by atoms with Crippen molar-refractivity contribution in [3.63, 3.8) is 0 Å². The monoisotopic (exact) mass is 580 g/mol. The first kappa shape index (κ1) is 35.1. The van der Waals surface area contributed by atoms with Crippen LogP contribution in [0.3, 0.4) is 0 Å². The van der Waals surface area contributed by atoms with Crippen LogP contribution in [0.2, 0.25) is 0 Å². The minimum atomic E-state index is -4.21. The summed E-state index contributed by atoms with van der Waals surface area (Å²) in [5, 5.41) is 6.63. The van der Waals surface area contributed by atoms with Crippen LogP contribution in [0.5, 0.6) is 0 Å². The predicted molar refractivity (Wildman–Crippen MR) is 164 cm³/mol. The van der Waals surface area contributed by atoms with Crippen molar-refractivity contribution in [2.45, 2.75) is 117 Å². The number of carbonyl (C=O) groups is 1. The van der Waals surface area contributed by atoms with Gasteiger partial charge in [0, 0.05) is 36.9 Å². The lowest BCUT2D eigenvalue weighted by Crippen LogP contribution is -2.50. The van der Waals surface area contributed by atoms with Gasteiger partial charge in [-0.15, -0.1) is 0 Å². The van der Waals surface area contributed by atoms with Crippen molar-refractivity contribution < 1.29 is 18.0 Å². The van der Waals surface area contributed by atoms with Crippen LogP contribution < -0.4 is 10.6 Å². The zero-order chi connectivity index (χ0) is 30.8. The van der Waals surface area contributed by atoms with Crippen molar-refractivity contribution >= 4 is 5.91 Å². The average Bonchev–Trinajstić information content (AvgIpc) is 3.38. The third kappa shape index (κ3) is 10.6. The van der Waals surface area contributed by atoms with E-state index >= 15 is 0 Å². The molecule has 2 saturated heterocycles. The Morgan fingerprint density at radius 1 is 1.12 bits per heavy atom. The van der Waals surface area contributed by atoms with E-state index in [0.717, 1.165) is 44.3 Å². The van der Waals surface area contributed by atoms with Gasteiger partial charge in [-0.3, -0.25) is 9.69 Å². The van der Waals surface area contributed by atoms with Gasteiger partial charge in [0.1, 0.15) is 6.04 Å². The van der Waals surface area contributed by atoms with E-state index in [9.17, 15) is 18.0 Å². The second kappa shape index (κ2) is 16.0. The number of hydrogen-bond acceptors (Lipinski definition) is 4. The molecule has 2 fully saturated rings. The molecule has 2 rings (SSSR count). The maximum absolute atomic E-state index is 13.3. The van der Waals surface area contributed by atoms with Gasteiger partial charge in [0.2, 0.25) is 5.91 Å². The molecule has 41 heavy (non-hydrogen) atoms. The van der Waals surface area contributed by atoms with Gasteiger partial charge < -0.3 is 15.5 Å². The molecule has 1 amide bonds. The lowest BCUT2D eigenvalue weighted by Gasteiger charge is -2.38. The molecule has 5 nitrogen and oxygen atoms in total. The van der Waals surface area contributed by atoms with E-state index in [1.807, 2.05) is 26.0 Å². The van der Waals surface area contributed by atoms with E-state index in [-0.39, 0.29) is 35.4 Å². The molecule has 0 bridgehead atoms. The highest BCUT2D eigenvalue weighted by atomic mass is 19.4. The molecule has 2 aliphatic rings. The molecule has 2 aliphatic heterocycles. The second-order valence-corrected chi connectivity index (χ2v) is 12.5. The summed E-state index contributed by atoms with van der Waals surface area (Å²) in [5.74, 6) is -0.000762. The highest BCUT2D eigenvalue weighted by Crippen LogP contribution is 2.32. The lowest BCUT2D eigenvalue weighted by molar-refractivity contribution is -0.176. The van der Waals surface area contributed by atoms with Gasteiger partial charge in [-0.1, -0.05) is 63.6 Å². The van der Waals surface area contributed by atoms with Gasteiger partial charge in [-0.25, -0.2) is 0 Å². The third-order valence-corrected chi connectivity index (χ3v) is 9.19. The molecule has 5 unspecified atom stereocenters. The van der Waals surface area contributed by atoms with Crippen molar-refractivity contribution in [1.29, 1.82) is 0 Å². The molecule has 234 valence electrons. The fraction of sp³-hybridized carbons (Fsp3) is 0.727. The summed E-state index contributed by atoms with van der Waals surface area (Å²) < 4.78 is 39.3. The maximum atomic E-state index is 13.3. The molecule has 0 aromatic carbocycles. The largest absolute Gasteiger partial charge is 0.403 e. The van der Waals surface area contributed by atoms with Crippen LogP contribution in [0.4, 0.5) is 13.2 Å². The molecule has 2 N–H and O–H groups in total. The van der Waals surface area contributed by atoms with E-state index in [0.29, 0.717) is 19.5 Å². The first-order chi connectivity index (χ1) is 19.2. The number of likely N-dealkylation sites (tertiary alicyclic amines) is 2. The molecule has 8 heteroatoms. The fourth-order valence-electron chi connectivity index (χ4n) is 5.90. The summed E-state index contributed by atoms with van der Waals surface area (Å²) in [7, 11) is 2.08. The van der Waals surface area contributed by atoms with Crippen molar-refractivity contribution in [1.82, 2.24) is 20.4 Å². The van der Waals surface area contributed by atoms with Crippen LogP contribution in [-0.2, 0) is 4.79 Å². The number of hydrogen-bond donors (Lipinski definition) is 2. The molecular formula is C33H55F3N4O. The molecule has 2 heterocycles. The molecule has 0 radical (unpaired) electrons. The Balaban J connectivity index is 1.96. The Kier molecular flexibility index (Phi) is 13.7. The number of piperidine rings is 1. The number of carbonyl (C=O) groups excluding carboxylic acids is 1. The smallest absolute Gasteiger partial charge is 0.381 e. The number of nitrogens with one attached hydrogen (secondary N) is 2. The van der Waals surface area contributed by atoms with Crippen LogP contribution in [-0.4, -0.2) is 72.7 Å². The predicted octanol–water partition coefficient (Wildman–Crippen LogP) is 7.00. The van der Waals surface area contributed by atoms with Gasteiger partial charge >= 0.3 is 6.18 Å². The zero-order valence-corrected chi connectivity index (χ0v) is 26.7. The van der Waals surface area contributed by atoms with E-state index in [4.69, 9.17) is 0 Å². The first-order valence-electron chi connectivity index (χ1n) is 15.5. The van der Waals surface area contributed by atoms with E-state index in [2.05, 4.69) is 74.6 Å². The van der Waals surface area contributed by atoms with Crippen LogP contribution in [0.15, 0.2) is 47.7 Å². The summed E-state index contributed by atoms with van der Waals surface area (Å²) in [6, 6.07) is -1.41. The number of amides is 1. The average molecular weight is 581 g/mol. The van der Waals surface area contributed by atoms with Crippen LogP contribution in [0.25, 0.3) is 0 Å². The lowest BCUT2D eigenvalue weighted by atomic mass is 9.80. The van der Waals surface area contributed by atoms with Crippen molar-refractivity contribution in [2.24, 2.45) is 11.3 Å². The Labute approximate surface area is 247 Å². The molecular weight excluding hydrogens is 525 g/mol. The minimum absolute atomic E-state index is 0.0163. The topological polar surface area (TPSA) is 47.6 Å². The molecule has 0 saturated carbocycles. The second-order valence-electron chi connectivity index (χ2n) is 12.5. The van der Waals surface area contributed by atoms with Gasteiger partial charge in [0.25, 0.3) is 0 Å². The summed E-state index contributed by atoms with van der Waals surface area (Å²) in [6.45, 7) is 15.9. The van der Waals surface area contributed by atoms with E-state index in [1.165, 1.54) is 17.4 Å². The number of alkyl halides is 3. The molecule has 0 aromatic heterocycles. The number of allylic oxidation sites excluding steroid dienone is 5. The van der Waals surface area contributed by atoms with Gasteiger partial charge in [0.15, 0.2) is 0 Å². The first-order valence-corrected chi connectivity index (χ1v) is 15.5. The molecule has 0 aromatic rings. The number of rotatable bonds is 13. The maximum Gasteiger partial charge on any atom is 0.403 e.